The van der Waals surface area contributed by atoms with Gasteiger partial charge in [0.2, 0.25) is 5.78 Å². The quantitative estimate of drug-likeness (QED) is 0.155. The molecule has 1 aromatic heterocycles. The summed E-state index contributed by atoms with van der Waals surface area (Å²) in [7, 11) is 0. The molecular weight excluding hydrogens is 466 g/mol. The van der Waals surface area contributed by atoms with E-state index < -0.39 is 0 Å². The largest absolute Gasteiger partial charge is 0.508 e. The number of ketones is 1. The molecule has 0 amide bonds. The highest BCUT2D eigenvalue weighted by molar-refractivity contribution is 5.94. The molecule has 0 radical (unpaired) electrons. The fraction of sp³-hybridized carbons (Fsp3) is 0.419. The Bertz CT molecular complexity index is 1210. The molecule has 0 aliphatic carbocycles. The second kappa shape index (κ2) is 12.6. The third-order valence-electron chi connectivity index (χ3n) is 6.36. The Labute approximate surface area is 220 Å². The van der Waals surface area contributed by atoms with Crippen molar-refractivity contribution in [1.29, 1.82) is 0 Å². The number of Topliss-reactive ketones (excluding diaryl/α,β-unsaturated/α-hetero) is 1. The van der Waals surface area contributed by atoms with Crippen LogP contribution in [0.5, 0.6) is 11.5 Å². The van der Waals surface area contributed by atoms with Gasteiger partial charge in [0.25, 0.3) is 0 Å². The SMILES string of the molecule is Cc1ccc(C(=O)COc2ccc(CC=NOCc3c(C(C)C)cc(C(C)C)cc3C(C)C)c(O)c2)o1. The van der Waals surface area contributed by atoms with Crippen molar-refractivity contribution in [3.05, 3.63) is 81.8 Å². The van der Waals surface area contributed by atoms with Gasteiger partial charge in [0.05, 0.1) is 0 Å². The minimum Gasteiger partial charge on any atom is -0.508 e. The third-order valence-corrected chi connectivity index (χ3v) is 6.36. The topological polar surface area (TPSA) is 81.3 Å². The molecule has 0 aliphatic rings. The Morgan fingerprint density at radius 3 is 2.19 bits per heavy atom. The Morgan fingerprint density at radius 2 is 1.65 bits per heavy atom. The lowest BCUT2D eigenvalue weighted by atomic mass is 9.85. The van der Waals surface area contributed by atoms with E-state index in [4.69, 9.17) is 14.0 Å². The van der Waals surface area contributed by atoms with Crippen LogP contribution in [0.3, 0.4) is 0 Å². The average molecular weight is 506 g/mol. The van der Waals surface area contributed by atoms with E-state index in [9.17, 15) is 9.90 Å². The number of aromatic hydroxyl groups is 1. The number of nitrogens with zero attached hydrogens (tertiary/aromatic N) is 1. The summed E-state index contributed by atoms with van der Waals surface area (Å²) in [5.41, 5.74) is 5.84. The number of benzene rings is 2. The molecule has 1 N–H and O–H groups in total. The van der Waals surface area contributed by atoms with E-state index in [2.05, 4.69) is 58.8 Å². The lowest BCUT2D eigenvalue weighted by Gasteiger charge is -2.22. The van der Waals surface area contributed by atoms with Crippen molar-refractivity contribution in [2.45, 2.75) is 79.2 Å². The van der Waals surface area contributed by atoms with E-state index in [-0.39, 0.29) is 23.9 Å². The van der Waals surface area contributed by atoms with Gasteiger partial charge in [-0.15, -0.1) is 0 Å². The van der Waals surface area contributed by atoms with Gasteiger partial charge in [-0.2, -0.15) is 0 Å². The molecule has 0 fully saturated rings. The molecule has 0 bridgehead atoms. The van der Waals surface area contributed by atoms with Gasteiger partial charge < -0.3 is 19.1 Å². The summed E-state index contributed by atoms with van der Waals surface area (Å²) in [6, 6.07) is 12.9. The fourth-order valence-corrected chi connectivity index (χ4v) is 4.17. The lowest BCUT2D eigenvalue weighted by molar-refractivity contribution is 0.0892. The monoisotopic (exact) mass is 505 g/mol. The molecule has 3 rings (SSSR count). The van der Waals surface area contributed by atoms with Crippen LogP contribution in [0.2, 0.25) is 0 Å². The third kappa shape index (κ3) is 7.48. The summed E-state index contributed by atoms with van der Waals surface area (Å²) in [6.07, 6.45) is 2.04. The number of carbonyl (C=O) groups excluding carboxylic acids is 1. The number of furan rings is 1. The summed E-state index contributed by atoms with van der Waals surface area (Å²) in [6.45, 7) is 15.3. The van der Waals surface area contributed by atoms with Gasteiger partial charge in [-0.1, -0.05) is 64.9 Å². The molecule has 3 aromatic rings. The zero-order chi connectivity index (χ0) is 27.1. The number of aryl methyl sites for hydroxylation is 1. The van der Waals surface area contributed by atoms with Crippen molar-refractivity contribution >= 4 is 12.0 Å². The highest BCUT2D eigenvalue weighted by Crippen LogP contribution is 2.32. The first kappa shape index (κ1) is 28.0. The van der Waals surface area contributed by atoms with Crippen LogP contribution in [0.4, 0.5) is 0 Å². The highest BCUT2D eigenvalue weighted by Gasteiger charge is 2.17. The van der Waals surface area contributed by atoms with Gasteiger partial charge >= 0.3 is 0 Å². The van der Waals surface area contributed by atoms with E-state index in [0.29, 0.717) is 47.9 Å². The van der Waals surface area contributed by atoms with Crippen LogP contribution in [-0.4, -0.2) is 23.7 Å². The summed E-state index contributed by atoms with van der Waals surface area (Å²) >= 11 is 0. The predicted octanol–water partition coefficient (Wildman–Crippen LogP) is 7.67. The number of phenolic OH excluding ortho intramolecular Hbond substituents is 1. The molecule has 0 spiro atoms. The van der Waals surface area contributed by atoms with Crippen molar-refractivity contribution in [2.24, 2.45) is 5.16 Å². The number of hydrogen-bond acceptors (Lipinski definition) is 6. The maximum absolute atomic E-state index is 12.1. The number of rotatable bonds is 12. The van der Waals surface area contributed by atoms with Gasteiger partial charge in [-0.3, -0.25) is 4.79 Å². The number of hydrogen-bond donors (Lipinski definition) is 1. The van der Waals surface area contributed by atoms with Gasteiger partial charge in [0.15, 0.2) is 12.4 Å². The summed E-state index contributed by atoms with van der Waals surface area (Å²) in [5.74, 6) is 2.36. The molecule has 6 heteroatoms. The zero-order valence-corrected chi connectivity index (χ0v) is 23.0. The molecule has 6 nitrogen and oxygen atoms in total. The van der Waals surface area contributed by atoms with Gasteiger partial charge in [-0.05, 0) is 70.7 Å². The molecule has 0 aliphatic heterocycles. The molecule has 1 heterocycles. The summed E-state index contributed by atoms with van der Waals surface area (Å²) in [5, 5.41) is 14.5. The van der Waals surface area contributed by atoms with E-state index in [1.807, 2.05) is 0 Å². The smallest absolute Gasteiger partial charge is 0.235 e. The molecule has 2 aromatic carbocycles. The Hall–Kier alpha value is -3.54. The van der Waals surface area contributed by atoms with Crippen LogP contribution in [0.15, 0.2) is 52.0 Å². The van der Waals surface area contributed by atoms with Gasteiger partial charge in [-0.25, -0.2) is 0 Å². The molecule has 0 atom stereocenters. The van der Waals surface area contributed by atoms with Crippen LogP contribution in [0, 0.1) is 6.92 Å². The Balaban J connectivity index is 1.59. The average Bonchev–Trinajstić information content (AvgIpc) is 3.29. The molecule has 37 heavy (non-hydrogen) atoms. The van der Waals surface area contributed by atoms with Crippen LogP contribution in [0.1, 0.15) is 103 Å². The standard InChI is InChI=1S/C31H39NO5/c1-19(2)24-14-26(20(3)4)28(27(15-24)21(5)6)17-36-32-13-12-23-9-10-25(16-29(23)33)35-18-30(34)31-11-8-22(7)37-31/h8-11,13-16,19-21,33H,12,17-18H2,1-7H3. The van der Waals surface area contributed by atoms with Crippen LogP contribution in [0.25, 0.3) is 0 Å². The van der Waals surface area contributed by atoms with Crippen molar-refractivity contribution in [3.8, 4) is 11.5 Å². The first-order valence-electron chi connectivity index (χ1n) is 12.9. The van der Waals surface area contributed by atoms with E-state index in [0.717, 1.165) is 0 Å². The first-order valence-corrected chi connectivity index (χ1v) is 12.9. The Morgan fingerprint density at radius 1 is 0.973 bits per heavy atom. The van der Waals surface area contributed by atoms with E-state index in [1.165, 1.54) is 28.3 Å². The highest BCUT2D eigenvalue weighted by atomic mass is 16.6. The van der Waals surface area contributed by atoms with Crippen molar-refractivity contribution in [3.63, 3.8) is 0 Å². The maximum Gasteiger partial charge on any atom is 0.235 e. The molecule has 0 saturated carbocycles. The van der Waals surface area contributed by atoms with Crippen molar-refractivity contribution in [1.82, 2.24) is 0 Å². The summed E-state index contributed by atoms with van der Waals surface area (Å²) < 4.78 is 10.8. The molecule has 0 unspecified atom stereocenters. The lowest BCUT2D eigenvalue weighted by Crippen LogP contribution is -2.10. The van der Waals surface area contributed by atoms with Crippen LogP contribution < -0.4 is 4.74 Å². The normalized spacial score (nSPS) is 11.7. The fourth-order valence-electron chi connectivity index (χ4n) is 4.17. The molecular formula is C31H39NO5. The Kier molecular flexibility index (Phi) is 9.56. The van der Waals surface area contributed by atoms with E-state index >= 15 is 0 Å². The number of ether oxygens (including phenoxy) is 1. The predicted molar refractivity (Wildman–Crippen MR) is 147 cm³/mol. The number of oxime groups is 1. The van der Waals surface area contributed by atoms with Crippen molar-refractivity contribution < 1.29 is 23.9 Å². The van der Waals surface area contributed by atoms with Crippen molar-refractivity contribution in [2.75, 3.05) is 6.61 Å². The second-order valence-corrected chi connectivity index (χ2v) is 10.3. The van der Waals surface area contributed by atoms with Crippen LogP contribution in [-0.2, 0) is 17.9 Å². The maximum atomic E-state index is 12.1. The summed E-state index contributed by atoms with van der Waals surface area (Å²) in [4.78, 5) is 17.9. The zero-order valence-electron chi connectivity index (χ0n) is 23.0. The second-order valence-electron chi connectivity index (χ2n) is 10.3. The minimum atomic E-state index is -0.263. The minimum absolute atomic E-state index is 0.0682. The number of carbonyl (C=O) groups is 1. The molecule has 198 valence electrons. The van der Waals surface area contributed by atoms with E-state index in [1.54, 1.807) is 37.4 Å². The van der Waals surface area contributed by atoms with Crippen LogP contribution >= 0.6 is 0 Å². The first-order chi connectivity index (χ1) is 17.6. The van der Waals surface area contributed by atoms with Gasteiger partial charge in [0, 0.05) is 18.7 Å². The number of phenols is 1. The molecule has 0 saturated heterocycles. The van der Waals surface area contributed by atoms with Gasteiger partial charge in [0.1, 0.15) is 23.9 Å².